The molecule has 0 unspecified atom stereocenters. The van der Waals surface area contributed by atoms with Crippen LogP contribution >= 0.6 is 12.2 Å². The predicted molar refractivity (Wildman–Crippen MR) is 157 cm³/mol. The molecule has 0 radical (unpaired) electrons. The van der Waals surface area contributed by atoms with Crippen LogP contribution in [-0.4, -0.2) is 46.1 Å². The first kappa shape index (κ1) is 25.5. The summed E-state index contributed by atoms with van der Waals surface area (Å²) in [5.41, 5.74) is 6.12. The van der Waals surface area contributed by atoms with Crippen molar-refractivity contribution in [2.75, 3.05) is 30.9 Å². The van der Waals surface area contributed by atoms with Crippen molar-refractivity contribution in [3.8, 4) is 5.69 Å². The standard InChI is InChI=1S/C30H32N6OS/c1-21-9-11-22(12-10-21)32-27(37)17-20-36-29(28(33-30(36)38)25-7-4-5-18-31-25)26-8-6-19-35(26)24-15-13-23(14-16-24)34(2)3/h4-16,18-19,28-29H,17,20H2,1-3H3,(H,32,37)(H,33,38)/t28-,29+/m0/s1. The van der Waals surface area contributed by atoms with E-state index in [1.165, 1.54) is 0 Å². The van der Waals surface area contributed by atoms with Crippen LogP contribution in [0.4, 0.5) is 11.4 Å². The van der Waals surface area contributed by atoms with E-state index in [0.29, 0.717) is 18.1 Å². The van der Waals surface area contributed by atoms with Crippen LogP contribution in [0, 0.1) is 6.92 Å². The van der Waals surface area contributed by atoms with Crippen molar-refractivity contribution < 1.29 is 4.79 Å². The second-order valence-electron chi connectivity index (χ2n) is 9.70. The van der Waals surface area contributed by atoms with Gasteiger partial charge in [-0.2, -0.15) is 0 Å². The molecule has 38 heavy (non-hydrogen) atoms. The van der Waals surface area contributed by atoms with E-state index in [4.69, 9.17) is 12.2 Å². The van der Waals surface area contributed by atoms with Crippen molar-refractivity contribution in [3.05, 3.63) is 108 Å². The quantitative estimate of drug-likeness (QED) is 0.307. The normalized spacial score (nSPS) is 16.8. The molecule has 1 amide bonds. The number of hydrogen-bond donors (Lipinski definition) is 2. The van der Waals surface area contributed by atoms with Crippen molar-refractivity contribution in [2.24, 2.45) is 0 Å². The molecule has 0 saturated carbocycles. The lowest BCUT2D eigenvalue weighted by atomic mass is 10.0. The second kappa shape index (κ2) is 11.1. The van der Waals surface area contributed by atoms with Crippen LogP contribution in [0.2, 0.25) is 0 Å². The van der Waals surface area contributed by atoms with Gasteiger partial charge in [0.25, 0.3) is 0 Å². The minimum absolute atomic E-state index is 0.0497. The van der Waals surface area contributed by atoms with E-state index in [2.05, 4.69) is 66.5 Å². The Bertz CT molecular complexity index is 1400. The molecule has 7 nitrogen and oxygen atoms in total. The molecule has 2 atom stereocenters. The Morgan fingerprint density at radius 3 is 2.47 bits per heavy atom. The van der Waals surface area contributed by atoms with Gasteiger partial charge in [0.05, 0.1) is 17.8 Å². The third-order valence-electron chi connectivity index (χ3n) is 6.84. The van der Waals surface area contributed by atoms with Gasteiger partial charge in [-0.15, -0.1) is 0 Å². The zero-order chi connectivity index (χ0) is 26.6. The number of nitrogens with one attached hydrogen (secondary N) is 2. The molecule has 1 aliphatic rings. The van der Waals surface area contributed by atoms with E-state index in [1.54, 1.807) is 6.20 Å². The zero-order valence-corrected chi connectivity index (χ0v) is 22.7. The van der Waals surface area contributed by atoms with Crippen LogP contribution in [-0.2, 0) is 4.79 Å². The maximum Gasteiger partial charge on any atom is 0.226 e. The van der Waals surface area contributed by atoms with E-state index in [-0.39, 0.29) is 18.0 Å². The van der Waals surface area contributed by atoms with Gasteiger partial charge in [0.1, 0.15) is 0 Å². The molecule has 0 bridgehead atoms. The number of pyridine rings is 1. The number of rotatable bonds is 8. The van der Waals surface area contributed by atoms with Gasteiger partial charge >= 0.3 is 0 Å². The van der Waals surface area contributed by atoms with E-state index in [1.807, 2.05) is 69.6 Å². The lowest BCUT2D eigenvalue weighted by Crippen LogP contribution is -2.33. The maximum absolute atomic E-state index is 12.9. The van der Waals surface area contributed by atoms with Gasteiger partial charge in [-0.05, 0) is 79.8 Å². The summed E-state index contributed by atoms with van der Waals surface area (Å²) in [5, 5.41) is 7.10. The number of aryl methyl sites for hydroxylation is 1. The summed E-state index contributed by atoms with van der Waals surface area (Å²) >= 11 is 5.81. The number of benzene rings is 2. The van der Waals surface area contributed by atoms with E-state index in [0.717, 1.165) is 34.0 Å². The molecule has 1 saturated heterocycles. The molecule has 194 valence electrons. The van der Waals surface area contributed by atoms with Gasteiger partial charge < -0.3 is 25.0 Å². The largest absolute Gasteiger partial charge is 0.378 e. The molecule has 0 aliphatic carbocycles. The van der Waals surface area contributed by atoms with Crippen molar-refractivity contribution >= 4 is 34.6 Å². The smallest absolute Gasteiger partial charge is 0.226 e. The van der Waals surface area contributed by atoms with Gasteiger partial charge in [-0.1, -0.05) is 23.8 Å². The molecule has 1 fully saturated rings. The fourth-order valence-corrected chi connectivity index (χ4v) is 5.16. The minimum Gasteiger partial charge on any atom is -0.378 e. The fourth-order valence-electron chi connectivity index (χ4n) is 4.83. The fraction of sp³-hybridized carbons (Fsp3) is 0.233. The van der Waals surface area contributed by atoms with Crippen molar-refractivity contribution in [1.29, 1.82) is 0 Å². The predicted octanol–water partition coefficient (Wildman–Crippen LogP) is 5.25. The highest BCUT2D eigenvalue weighted by atomic mass is 32.1. The van der Waals surface area contributed by atoms with Gasteiger partial charge in [-0.25, -0.2) is 0 Å². The van der Waals surface area contributed by atoms with Crippen LogP contribution in [0.25, 0.3) is 5.69 Å². The first-order valence-corrected chi connectivity index (χ1v) is 13.1. The van der Waals surface area contributed by atoms with Crippen LogP contribution in [0.5, 0.6) is 0 Å². The highest BCUT2D eigenvalue weighted by molar-refractivity contribution is 7.80. The van der Waals surface area contributed by atoms with Gasteiger partial charge in [0.2, 0.25) is 5.91 Å². The zero-order valence-electron chi connectivity index (χ0n) is 21.8. The topological polar surface area (TPSA) is 65.4 Å². The van der Waals surface area contributed by atoms with Gasteiger partial charge in [0.15, 0.2) is 5.11 Å². The third kappa shape index (κ3) is 5.40. The Labute approximate surface area is 229 Å². The molecule has 1 aliphatic heterocycles. The van der Waals surface area contributed by atoms with Gasteiger partial charge in [-0.3, -0.25) is 9.78 Å². The first-order valence-electron chi connectivity index (χ1n) is 12.7. The number of thiocarbonyl (C=S) groups is 1. The van der Waals surface area contributed by atoms with Crippen molar-refractivity contribution in [3.63, 3.8) is 0 Å². The van der Waals surface area contributed by atoms with Crippen molar-refractivity contribution in [1.82, 2.24) is 19.8 Å². The maximum atomic E-state index is 12.9. The molecule has 0 spiro atoms. The molecule has 5 rings (SSSR count). The average Bonchev–Trinajstić information content (AvgIpc) is 3.53. The summed E-state index contributed by atoms with van der Waals surface area (Å²) in [4.78, 5) is 21.7. The summed E-state index contributed by atoms with van der Waals surface area (Å²) in [6, 6.07) is 26.1. The average molecular weight is 525 g/mol. The minimum atomic E-state index is -0.154. The van der Waals surface area contributed by atoms with E-state index in [9.17, 15) is 4.79 Å². The van der Waals surface area contributed by atoms with Crippen LogP contribution in [0.15, 0.2) is 91.3 Å². The highest BCUT2D eigenvalue weighted by Gasteiger charge is 2.41. The number of carbonyl (C=O) groups is 1. The number of hydrogen-bond acceptors (Lipinski definition) is 4. The lowest BCUT2D eigenvalue weighted by Gasteiger charge is -2.29. The number of aromatic nitrogens is 2. The Morgan fingerprint density at radius 2 is 1.79 bits per heavy atom. The van der Waals surface area contributed by atoms with Gasteiger partial charge in [0, 0.05) is 62.2 Å². The number of amides is 1. The summed E-state index contributed by atoms with van der Waals surface area (Å²) in [6.07, 6.45) is 4.17. The van der Waals surface area contributed by atoms with Crippen LogP contribution < -0.4 is 15.5 Å². The number of carbonyl (C=O) groups excluding carboxylic acids is 1. The molecule has 2 aromatic carbocycles. The highest BCUT2D eigenvalue weighted by Crippen LogP contribution is 2.39. The summed E-state index contributed by atoms with van der Waals surface area (Å²) in [6.45, 7) is 2.50. The number of anilines is 2. The molecule has 3 heterocycles. The second-order valence-corrected chi connectivity index (χ2v) is 10.1. The monoisotopic (exact) mass is 524 g/mol. The van der Waals surface area contributed by atoms with Crippen molar-refractivity contribution in [2.45, 2.75) is 25.4 Å². The first-order chi connectivity index (χ1) is 18.4. The Morgan fingerprint density at radius 1 is 1.03 bits per heavy atom. The molecule has 2 N–H and O–H groups in total. The van der Waals surface area contributed by atoms with E-state index < -0.39 is 0 Å². The molecule has 2 aromatic heterocycles. The lowest BCUT2D eigenvalue weighted by molar-refractivity contribution is -0.116. The van der Waals surface area contributed by atoms with Crippen LogP contribution in [0.3, 0.4) is 0 Å². The molecule has 4 aromatic rings. The Kier molecular flexibility index (Phi) is 7.42. The Hall–Kier alpha value is -4.17. The summed E-state index contributed by atoms with van der Waals surface area (Å²) in [5.74, 6) is -0.0497. The summed E-state index contributed by atoms with van der Waals surface area (Å²) in [7, 11) is 4.07. The Balaban J connectivity index is 1.43. The number of nitrogens with zero attached hydrogens (tertiary/aromatic N) is 4. The third-order valence-corrected chi connectivity index (χ3v) is 7.19. The summed E-state index contributed by atoms with van der Waals surface area (Å²) < 4.78 is 2.19. The SMILES string of the molecule is Cc1ccc(NC(=O)CCN2C(=S)N[C@@H](c3ccccn3)[C@H]2c2cccn2-c2ccc(N(C)C)cc2)cc1. The molecular weight excluding hydrogens is 492 g/mol. The van der Waals surface area contributed by atoms with E-state index >= 15 is 0 Å². The molecule has 8 heteroatoms. The molecular formula is C30H32N6OS. The van der Waals surface area contributed by atoms with Crippen LogP contribution in [0.1, 0.15) is 35.5 Å².